The number of nitrogens with zero attached hydrogens (tertiary/aromatic N) is 1. The van der Waals surface area contributed by atoms with Gasteiger partial charge in [-0.1, -0.05) is 12.1 Å². The fourth-order valence-electron chi connectivity index (χ4n) is 1.73. The summed E-state index contributed by atoms with van der Waals surface area (Å²) in [6, 6.07) is 5.65. The highest BCUT2D eigenvalue weighted by Gasteiger charge is 2.08. The van der Waals surface area contributed by atoms with Crippen LogP contribution in [0.5, 0.6) is 0 Å². The van der Waals surface area contributed by atoms with Crippen molar-refractivity contribution in [1.82, 2.24) is 4.57 Å². The predicted molar refractivity (Wildman–Crippen MR) is 55.6 cm³/mol. The van der Waals surface area contributed by atoms with Crippen LogP contribution in [-0.4, -0.2) is 11.1 Å². The minimum absolute atomic E-state index is 0.138. The van der Waals surface area contributed by atoms with Gasteiger partial charge in [0, 0.05) is 18.6 Å². The number of nitrogens with two attached hydrogens (primary N) is 1. The molecule has 2 N–H and O–H groups in total. The molecular weight excluding hydrogens is 179 g/mol. The number of halogens is 1. The minimum Gasteiger partial charge on any atom is -0.348 e. The van der Waals surface area contributed by atoms with E-state index in [-0.39, 0.29) is 5.82 Å². The highest BCUT2D eigenvalue weighted by molar-refractivity contribution is 5.81. The second-order valence-electron chi connectivity index (χ2n) is 3.44. The molecule has 1 aromatic carbocycles. The van der Waals surface area contributed by atoms with Crippen LogP contribution in [0.2, 0.25) is 0 Å². The zero-order valence-corrected chi connectivity index (χ0v) is 8.13. The number of rotatable bonds is 2. The van der Waals surface area contributed by atoms with Gasteiger partial charge in [0.1, 0.15) is 0 Å². The quantitative estimate of drug-likeness (QED) is 0.773. The molecule has 0 saturated carbocycles. The van der Waals surface area contributed by atoms with E-state index in [1.807, 2.05) is 31.4 Å². The molecule has 0 amide bonds. The summed E-state index contributed by atoms with van der Waals surface area (Å²) < 4.78 is 15.7. The molecular formula is C11H13FN2. The van der Waals surface area contributed by atoms with Crippen LogP contribution < -0.4 is 5.73 Å². The Morgan fingerprint density at radius 2 is 2.14 bits per heavy atom. The fraction of sp³-hybridized carbons (Fsp3) is 0.273. The molecule has 14 heavy (non-hydrogen) atoms. The van der Waals surface area contributed by atoms with Crippen molar-refractivity contribution in [2.45, 2.75) is 6.42 Å². The molecule has 0 atom stereocenters. The number of hydrogen-bond acceptors (Lipinski definition) is 1. The minimum atomic E-state index is -0.138. The molecule has 0 saturated heterocycles. The second-order valence-corrected chi connectivity index (χ2v) is 3.44. The third kappa shape index (κ3) is 1.30. The van der Waals surface area contributed by atoms with Gasteiger partial charge >= 0.3 is 0 Å². The van der Waals surface area contributed by atoms with Gasteiger partial charge in [-0.15, -0.1) is 0 Å². The largest absolute Gasteiger partial charge is 0.348 e. The summed E-state index contributed by atoms with van der Waals surface area (Å²) in [4.78, 5) is 0. The van der Waals surface area contributed by atoms with E-state index >= 15 is 0 Å². The van der Waals surface area contributed by atoms with Crippen molar-refractivity contribution in [1.29, 1.82) is 0 Å². The van der Waals surface area contributed by atoms with Gasteiger partial charge in [-0.05, 0) is 24.6 Å². The fourth-order valence-corrected chi connectivity index (χ4v) is 1.73. The Kier molecular flexibility index (Phi) is 2.25. The number of fused-ring (bicyclic) bond motifs is 1. The number of benzene rings is 1. The zero-order chi connectivity index (χ0) is 10.1. The van der Waals surface area contributed by atoms with Crippen LogP contribution in [0.4, 0.5) is 4.39 Å². The molecule has 74 valence electrons. The topological polar surface area (TPSA) is 30.9 Å². The van der Waals surface area contributed by atoms with Crippen LogP contribution in [0.3, 0.4) is 0 Å². The summed E-state index contributed by atoms with van der Waals surface area (Å²) in [7, 11) is 1.84. The predicted octanol–water partition coefficient (Wildman–Crippen LogP) is 1.82. The summed E-state index contributed by atoms with van der Waals surface area (Å²) in [6.45, 7) is 0.479. The first-order valence-electron chi connectivity index (χ1n) is 4.66. The van der Waals surface area contributed by atoms with Gasteiger partial charge in [-0.3, -0.25) is 0 Å². The Morgan fingerprint density at radius 3 is 2.86 bits per heavy atom. The third-order valence-electron chi connectivity index (χ3n) is 2.47. The van der Waals surface area contributed by atoms with Gasteiger partial charge in [-0.2, -0.15) is 0 Å². The second kappa shape index (κ2) is 3.42. The lowest BCUT2D eigenvalue weighted by Gasteiger charge is -2.04. The van der Waals surface area contributed by atoms with Gasteiger partial charge in [0.15, 0.2) is 5.82 Å². The lowest BCUT2D eigenvalue weighted by atomic mass is 10.1. The standard InChI is InChI=1S/C11H13FN2/c1-14-7-5-9-3-2-8(4-6-13)10(12)11(9)14/h2-3,5,7H,4,6,13H2,1H3. The highest BCUT2D eigenvalue weighted by Crippen LogP contribution is 2.21. The molecule has 2 nitrogen and oxygen atoms in total. The van der Waals surface area contributed by atoms with Crippen molar-refractivity contribution < 1.29 is 4.39 Å². The van der Waals surface area contributed by atoms with Crippen molar-refractivity contribution in [3.8, 4) is 0 Å². The molecule has 0 aliphatic rings. The molecule has 1 aromatic heterocycles. The average Bonchev–Trinajstić information content (AvgIpc) is 2.54. The molecule has 2 rings (SSSR count). The van der Waals surface area contributed by atoms with Crippen molar-refractivity contribution in [2.24, 2.45) is 12.8 Å². The number of aromatic nitrogens is 1. The van der Waals surface area contributed by atoms with E-state index in [1.165, 1.54) is 0 Å². The first-order chi connectivity index (χ1) is 6.74. The maximum atomic E-state index is 13.9. The Bertz CT molecular complexity index is 460. The molecule has 0 spiro atoms. The van der Waals surface area contributed by atoms with Gasteiger partial charge in [0.25, 0.3) is 0 Å². The van der Waals surface area contributed by atoms with E-state index < -0.39 is 0 Å². The summed E-state index contributed by atoms with van der Waals surface area (Å²) >= 11 is 0. The lowest BCUT2D eigenvalue weighted by Crippen LogP contribution is -2.05. The Morgan fingerprint density at radius 1 is 1.36 bits per heavy atom. The van der Waals surface area contributed by atoms with E-state index in [2.05, 4.69) is 0 Å². The van der Waals surface area contributed by atoms with Crippen LogP contribution in [0.1, 0.15) is 5.56 Å². The summed E-state index contributed by atoms with van der Waals surface area (Å²) in [5, 5.41) is 0.936. The molecule has 1 heterocycles. The highest BCUT2D eigenvalue weighted by atomic mass is 19.1. The Balaban J connectivity index is 2.66. The van der Waals surface area contributed by atoms with Crippen LogP contribution in [0, 0.1) is 5.82 Å². The summed E-state index contributed by atoms with van der Waals surface area (Å²) in [5.74, 6) is -0.138. The van der Waals surface area contributed by atoms with Crippen molar-refractivity contribution in [3.05, 3.63) is 35.8 Å². The van der Waals surface area contributed by atoms with E-state index in [4.69, 9.17) is 5.73 Å². The van der Waals surface area contributed by atoms with E-state index in [1.54, 1.807) is 4.57 Å². The van der Waals surface area contributed by atoms with E-state index in [9.17, 15) is 4.39 Å². The van der Waals surface area contributed by atoms with Crippen molar-refractivity contribution >= 4 is 10.9 Å². The van der Waals surface area contributed by atoms with Crippen LogP contribution >= 0.6 is 0 Å². The zero-order valence-electron chi connectivity index (χ0n) is 8.13. The van der Waals surface area contributed by atoms with Crippen molar-refractivity contribution in [3.63, 3.8) is 0 Å². The molecule has 2 aromatic rings. The number of hydrogen-bond donors (Lipinski definition) is 1. The molecule has 0 bridgehead atoms. The molecule has 0 aliphatic heterocycles. The van der Waals surface area contributed by atoms with E-state index in [0.717, 1.165) is 5.39 Å². The molecule has 0 radical (unpaired) electrons. The van der Waals surface area contributed by atoms with Crippen LogP contribution in [-0.2, 0) is 13.5 Å². The maximum absolute atomic E-state index is 13.9. The summed E-state index contributed by atoms with van der Waals surface area (Å²) in [6.07, 6.45) is 2.45. The summed E-state index contributed by atoms with van der Waals surface area (Å²) in [5.41, 5.74) is 6.77. The molecule has 3 heteroatoms. The van der Waals surface area contributed by atoms with Crippen LogP contribution in [0.15, 0.2) is 24.4 Å². The first kappa shape index (κ1) is 9.21. The Labute approximate surface area is 82.1 Å². The van der Waals surface area contributed by atoms with Gasteiger partial charge in [-0.25, -0.2) is 4.39 Å². The molecule has 0 aliphatic carbocycles. The van der Waals surface area contributed by atoms with E-state index in [0.29, 0.717) is 24.0 Å². The monoisotopic (exact) mass is 192 g/mol. The van der Waals surface area contributed by atoms with Crippen LogP contribution in [0.25, 0.3) is 10.9 Å². The van der Waals surface area contributed by atoms with Gasteiger partial charge in [0.05, 0.1) is 5.52 Å². The lowest BCUT2D eigenvalue weighted by molar-refractivity contribution is 0.614. The first-order valence-corrected chi connectivity index (χ1v) is 4.66. The smallest absolute Gasteiger partial charge is 0.150 e. The SMILES string of the molecule is Cn1ccc2ccc(CCN)c(F)c21. The van der Waals surface area contributed by atoms with Gasteiger partial charge in [0.2, 0.25) is 0 Å². The van der Waals surface area contributed by atoms with Gasteiger partial charge < -0.3 is 10.3 Å². The Hall–Kier alpha value is -1.35. The molecule has 0 fully saturated rings. The average molecular weight is 192 g/mol. The normalized spacial score (nSPS) is 11.1. The maximum Gasteiger partial charge on any atom is 0.150 e. The molecule has 0 unspecified atom stereocenters. The number of aryl methyl sites for hydroxylation is 1. The third-order valence-corrected chi connectivity index (χ3v) is 2.47. The van der Waals surface area contributed by atoms with Crippen molar-refractivity contribution in [2.75, 3.05) is 6.54 Å².